The van der Waals surface area contributed by atoms with E-state index in [0.717, 1.165) is 36.9 Å². The van der Waals surface area contributed by atoms with Crippen LogP contribution in [0.1, 0.15) is 31.7 Å². The molecule has 6 nitrogen and oxygen atoms in total. The molecule has 6 heteroatoms. The normalized spacial score (nSPS) is 15.6. The zero-order chi connectivity index (χ0) is 17.1. The number of ketones is 1. The van der Waals surface area contributed by atoms with Crippen LogP contribution in [0, 0.1) is 6.92 Å². The number of amidine groups is 1. The lowest BCUT2D eigenvalue weighted by atomic mass is 10.1. The third-order valence-electron chi connectivity index (χ3n) is 4.21. The number of nitrogens with one attached hydrogen (secondary N) is 1. The van der Waals surface area contributed by atoms with Crippen molar-refractivity contribution in [3.05, 3.63) is 40.2 Å². The Morgan fingerprint density at radius 2 is 1.96 bits per heavy atom. The van der Waals surface area contributed by atoms with Crippen LogP contribution < -0.4 is 11.1 Å². The number of hydrogen-bond donors (Lipinski definition) is 1. The van der Waals surface area contributed by atoms with E-state index >= 15 is 0 Å². The Balaban J connectivity index is 1.87. The zero-order valence-corrected chi connectivity index (χ0v) is 14.0. The smallest absolute Gasteiger partial charge is 0.336 e. The lowest BCUT2D eigenvalue weighted by Crippen LogP contribution is -2.39. The summed E-state index contributed by atoms with van der Waals surface area (Å²) in [6.07, 6.45) is 3.34. The summed E-state index contributed by atoms with van der Waals surface area (Å²) in [5.74, 6) is 0.382. The van der Waals surface area contributed by atoms with Gasteiger partial charge in [0.25, 0.3) is 0 Å². The summed E-state index contributed by atoms with van der Waals surface area (Å²) in [4.78, 5) is 25.4. The van der Waals surface area contributed by atoms with Crippen molar-refractivity contribution in [2.75, 3.05) is 18.5 Å². The Kier molecular flexibility index (Phi) is 4.64. The average Bonchev–Trinajstić information content (AvgIpc) is 2.55. The molecule has 1 aliphatic rings. The maximum absolute atomic E-state index is 11.9. The number of aryl methyl sites for hydroxylation is 1. The summed E-state index contributed by atoms with van der Waals surface area (Å²) >= 11 is 0. The fourth-order valence-corrected chi connectivity index (χ4v) is 2.99. The minimum atomic E-state index is -0.376. The molecule has 24 heavy (non-hydrogen) atoms. The van der Waals surface area contributed by atoms with E-state index in [9.17, 15) is 9.59 Å². The quantitative estimate of drug-likeness (QED) is 0.406. The predicted molar refractivity (Wildman–Crippen MR) is 94.4 cm³/mol. The topological polar surface area (TPSA) is 74.9 Å². The van der Waals surface area contributed by atoms with Gasteiger partial charge in [-0.05, 0) is 43.9 Å². The fourth-order valence-electron chi connectivity index (χ4n) is 2.99. The highest BCUT2D eigenvalue weighted by Gasteiger charge is 2.18. The van der Waals surface area contributed by atoms with E-state index in [1.54, 1.807) is 6.07 Å². The van der Waals surface area contributed by atoms with Gasteiger partial charge in [0.1, 0.15) is 5.58 Å². The fraction of sp³-hybridized carbons (Fsp3) is 0.389. The number of carbonyl (C=O) groups excluding carboxylic acids is 1. The number of benzene rings is 1. The second-order valence-electron chi connectivity index (χ2n) is 6.11. The van der Waals surface area contributed by atoms with E-state index < -0.39 is 0 Å². The van der Waals surface area contributed by atoms with Gasteiger partial charge in [0.2, 0.25) is 0 Å². The first-order chi connectivity index (χ1) is 11.5. The number of rotatable bonds is 3. The first kappa shape index (κ1) is 16.2. The summed E-state index contributed by atoms with van der Waals surface area (Å²) in [7, 11) is 0. The highest BCUT2D eigenvalue weighted by molar-refractivity contribution is 6.37. The van der Waals surface area contributed by atoms with E-state index in [0.29, 0.717) is 17.1 Å². The first-order valence-electron chi connectivity index (χ1n) is 8.19. The SMILES string of the molecule is CC(=O)/C(=N\Nc1ccc2c(C)cc(=O)oc2c1)N1CCCCC1. The third-order valence-corrected chi connectivity index (χ3v) is 4.21. The van der Waals surface area contributed by atoms with Gasteiger partial charge < -0.3 is 9.32 Å². The molecule has 1 N–H and O–H groups in total. The lowest BCUT2D eigenvalue weighted by molar-refractivity contribution is -0.111. The van der Waals surface area contributed by atoms with Crippen molar-refractivity contribution in [2.24, 2.45) is 5.10 Å². The van der Waals surface area contributed by atoms with Crippen molar-refractivity contribution in [3.63, 3.8) is 0 Å². The van der Waals surface area contributed by atoms with Crippen molar-refractivity contribution < 1.29 is 9.21 Å². The van der Waals surface area contributed by atoms with E-state index in [2.05, 4.69) is 10.5 Å². The molecule has 0 amide bonds. The molecule has 0 unspecified atom stereocenters. The van der Waals surface area contributed by atoms with E-state index in [1.807, 2.05) is 24.0 Å². The van der Waals surface area contributed by atoms with Gasteiger partial charge in [-0.15, -0.1) is 0 Å². The Labute approximate surface area is 140 Å². The molecule has 1 saturated heterocycles. The molecule has 0 aliphatic carbocycles. The monoisotopic (exact) mass is 327 g/mol. The van der Waals surface area contributed by atoms with E-state index in [-0.39, 0.29) is 11.4 Å². The van der Waals surface area contributed by atoms with Gasteiger partial charge >= 0.3 is 5.63 Å². The minimum absolute atomic E-state index is 0.0624. The van der Waals surface area contributed by atoms with Gasteiger partial charge in [-0.2, -0.15) is 5.10 Å². The second-order valence-corrected chi connectivity index (χ2v) is 6.11. The molecular formula is C18H21N3O3. The summed E-state index contributed by atoms with van der Waals surface area (Å²) in [6, 6.07) is 6.92. The number of nitrogens with zero attached hydrogens (tertiary/aromatic N) is 2. The van der Waals surface area contributed by atoms with E-state index in [1.165, 1.54) is 19.4 Å². The summed E-state index contributed by atoms with van der Waals surface area (Å²) in [5, 5.41) is 5.17. The van der Waals surface area contributed by atoms with Crippen LogP contribution in [0.4, 0.5) is 5.69 Å². The maximum Gasteiger partial charge on any atom is 0.336 e. The largest absolute Gasteiger partial charge is 0.423 e. The first-order valence-corrected chi connectivity index (χ1v) is 8.19. The number of piperidine rings is 1. The van der Waals surface area contributed by atoms with Crippen LogP contribution in [0.15, 0.2) is 38.6 Å². The lowest BCUT2D eigenvalue weighted by Gasteiger charge is -2.28. The Bertz CT molecular complexity index is 848. The van der Waals surface area contributed by atoms with Crippen LogP contribution in [0.3, 0.4) is 0 Å². The number of carbonyl (C=O) groups is 1. The van der Waals surface area contributed by atoms with Gasteiger partial charge in [0.15, 0.2) is 11.6 Å². The van der Waals surface area contributed by atoms with Crippen LogP contribution in [0.5, 0.6) is 0 Å². The average molecular weight is 327 g/mol. The molecule has 3 rings (SSSR count). The number of Topliss-reactive ketones (excluding diaryl/α,β-unsaturated/α-hetero) is 1. The van der Waals surface area contributed by atoms with Gasteiger partial charge in [-0.3, -0.25) is 10.2 Å². The standard InChI is InChI=1S/C18H21N3O3/c1-12-10-17(23)24-16-11-14(6-7-15(12)16)19-20-18(13(2)22)21-8-4-3-5-9-21/h6-7,10-11,19H,3-5,8-9H2,1-2H3/b20-18+. The molecule has 1 fully saturated rings. The molecule has 0 spiro atoms. The molecule has 0 radical (unpaired) electrons. The molecule has 2 heterocycles. The molecule has 2 aromatic rings. The molecular weight excluding hydrogens is 306 g/mol. The summed E-state index contributed by atoms with van der Waals surface area (Å²) in [5.41, 5.74) is 4.59. The number of likely N-dealkylation sites (tertiary alicyclic amines) is 1. The molecule has 0 atom stereocenters. The zero-order valence-electron chi connectivity index (χ0n) is 14.0. The molecule has 0 saturated carbocycles. The van der Waals surface area contributed by atoms with Crippen molar-refractivity contribution in [1.82, 2.24) is 4.90 Å². The van der Waals surface area contributed by atoms with Gasteiger partial charge in [0, 0.05) is 37.5 Å². The second kappa shape index (κ2) is 6.86. The van der Waals surface area contributed by atoms with Crippen LogP contribution in [0.25, 0.3) is 11.0 Å². The Morgan fingerprint density at radius 1 is 1.21 bits per heavy atom. The predicted octanol–water partition coefficient (Wildman–Crippen LogP) is 2.90. The number of fused-ring (bicyclic) bond motifs is 1. The van der Waals surface area contributed by atoms with Gasteiger partial charge in [-0.25, -0.2) is 4.79 Å². The third kappa shape index (κ3) is 3.48. The van der Waals surface area contributed by atoms with Crippen LogP contribution in [0.2, 0.25) is 0 Å². The highest BCUT2D eigenvalue weighted by Crippen LogP contribution is 2.21. The van der Waals surface area contributed by atoms with Gasteiger partial charge in [0.05, 0.1) is 5.69 Å². The van der Waals surface area contributed by atoms with Crippen molar-refractivity contribution >= 4 is 28.3 Å². The summed E-state index contributed by atoms with van der Waals surface area (Å²) < 4.78 is 5.23. The minimum Gasteiger partial charge on any atom is -0.423 e. The molecule has 1 aliphatic heterocycles. The van der Waals surface area contributed by atoms with Crippen molar-refractivity contribution in [1.29, 1.82) is 0 Å². The molecule has 1 aromatic heterocycles. The molecule has 126 valence electrons. The number of anilines is 1. The van der Waals surface area contributed by atoms with Crippen LogP contribution in [-0.4, -0.2) is 29.6 Å². The Morgan fingerprint density at radius 3 is 2.67 bits per heavy atom. The van der Waals surface area contributed by atoms with Crippen molar-refractivity contribution in [3.8, 4) is 0 Å². The molecule has 1 aromatic carbocycles. The van der Waals surface area contributed by atoms with E-state index in [4.69, 9.17) is 4.42 Å². The number of hydrazone groups is 1. The number of hydrogen-bond acceptors (Lipinski definition) is 5. The maximum atomic E-state index is 11.9. The highest BCUT2D eigenvalue weighted by atomic mass is 16.4. The summed E-state index contributed by atoms with van der Waals surface area (Å²) in [6.45, 7) is 5.10. The van der Waals surface area contributed by atoms with Crippen LogP contribution >= 0.6 is 0 Å². The van der Waals surface area contributed by atoms with Crippen molar-refractivity contribution in [2.45, 2.75) is 33.1 Å². The van der Waals surface area contributed by atoms with Crippen LogP contribution in [-0.2, 0) is 4.79 Å². The Hall–Kier alpha value is -2.63. The van der Waals surface area contributed by atoms with Gasteiger partial charge in [-0.1, -0.05) is 0 Å². The molecule has 0 bridgehead atoms.